The van der Waals surface area contributed by atoms with Gasteiger partial charge in [-0.1, -0.05) is 12.1 Å². The lowest BCUT2D eigenvalue weighted by Crippen LogP contribution is -2.13. The minimum absolute atomic E-state index is 0.210. The fourth-order valence-electron chi connectivity index (χ4n) is 1.80. The Kier molecular flexibility index (Phi) is 5.20. The lowest BCUT2D eigenvalue weighted by atomic mass is 10.2. The molecule has 2 aromatic rings. The molecule has 0 saturated heterocycles. The number of ether oxygens (including phenoxy) is 2. The predicted molar refractivity (Wildman–Crippen MR) is 87.2 cm³/mol. The van der Waals surface area contributed by atoms with Gasteiger partial charge in [0, 0.05) is 11.3 Å². The van der Waals surface area contributed by atoms with Gasteiger partial charge in [0.05, 0.1) is 13.4 Å². The Morgan fingerprint density at radius 1 is 1.09 bits per heavy atom. The van der Waals surface area contributed by atoms with Crippen LogP contribution in [0.25, 0.3) is 0 Å². The Morgan fingerprint density at radius 2 is 1.82 bits per heavy atom. The van der Waals surface area contributed by atoms with Crippen LogP contribution in [-0.4, -0.2) is 13.0 Å². The number of benzene rings is 2. The van der Waals surface area contributed by atoms with Crippen molar-refractivity contribution in [3.8, 4) is 11.5 Å². The smallest absolute Gasteiger partial charge is 0.254 e. The number of methoxy groups -OCH3 is 1. The van der Waals surface area contributed by atoms with E-state index in [0.29, 0.717) is 17.0 Å². The van der Waals surface area contributed by atoms with Crippen LogP contribution in [-0.2, 0) is 4.79 Å². The zero-order valence-corrected chi connectivity index (χ0v) is 12.9. The van der Waals surface area contributed by atoms with Crippen LogP contribution < -0.4 is 14.8 Å². The van der Waals surface area contributed by atoms with Gasteiger partial charge in [-0.05, 0) is 55.8 Å². The SMILES string of the molecule is COc1ccc(NC(=O)C(C)=COc2cccc(C)c2)cc1. The number of amides is 1. The summed E-state index contributed by atoms with van der Waals surface area (Å²) < 4.78 is 10.6. The van der Waals surface area contributed by atoms with E-state index < -0.39 is 0 Å². The normalized spacial score (nSPS) is 11.0. The van der Waals surface area contributed by atoms with Gasteiger partial charge in [-0.2, -0.15) is 0 Å². The second-order valence-electron chi connectivity index (χ2n) is 4.92. The van der Waals surface area contributed by atoms with Crippen molar-refractivity contribution >= 4 is 11.6 Å². The third kappa shape index (κ3) is 4.38. The molecule has 0 aliphatic carbocycles. The summed E-state index contributed by atoms with van der Waals surface area (Å²) in [5.74, 6) is 1.24. The van der Waals surface area contributed by atoms with Gasteiger partial charge in [0.25, 0.3) is 5.91 Å². The largest absolute Gasteiger partial charge is 0.497 e. The van der Waals surface area contributed by atoms with Crippen LogP contribution in [0.3, 0.4) is 0 Å². The van der Waals surface area contributed by atoms with Gasteiger partial charge < -0.3 is 14.8 Å². The number of anilines is 1. The molecule has 4 nitrogen and oxygen atoms in total. The first-order valence-corrected chi connectivity index (χ1v) is 6.94. The Balaban J connectivity index is 1.97. The molecule has 0 heterocycles. The maximum absolute atomic E-state index is 12.1. The van der Waals surface area contributed by atoms with E-state index in [4.69, 9.17) is 9.47 Å². The van der Waals surface area contributed by atoms with E-state index in [0.717, 1.165) is 11.3 Å². The Labute approximate surface area is 130 Å². The van der Waals surface area contributed by atoms with Crippen molar-refractivity contribution in [3.63, 3.8) is 0 Å². The van der Waals surface area contributed by atoms with E-state index >= 15 is 0 Å². The van der Waals surface area contributed by atoms with Crippen LogP contribution in [0.5, 0.6) is 11.5 Å². The standard InChI is InChI=1S/C18H19NO3/c1-13-5-4-6-17(11-13)22-12-14(2)18(20)19-15-7-9-16(21-3)10-8-15/h4-12H,1-3H3,(H,19,20). The summed E-state index contributed by atoms with van der Waals surface area (Å²) in [6.45, 7) is 3.69. The third-order valence-corrected chi connectivity index (χ3v) is 3.07. The second kappa shape index (κ2) is 7.31. The van der Waals surface area contributed by atoms with Gasteiger partial charge in [-0.3, -0.25) is 4.79 Å². The summed E-state index contributed by atoms with van der Waals surface area (Å²) in [5.41, 5.74) is 2.29. The van der Waals surface area contributed by atoms with Crippen molar-refractivity contribution in [1.29, 1.82) is 0 Å². The number of rotatable bonds is 5. The molecule has 0 saturated carbocycles. The molecule has 0 radical (unpaired) electrons. The van der Waals surface area contributed by atoms with Crippen LogP contribution in [0.2, 0.25) is 0 Å². The van der Waals surface area contributed by atoms with Crippen molar-refractivity contribution in [2.45, 2.75) is 13.8 Å². The molecule has 0 aliphatic heterocycles. The van der Waals surface area contributed by atoms with Gasteiger partial charge in [0.2, 0.25) is 0 Å². The number of hydrogen-bond donors (Lipinski definition) is 1. The van der Waals surface area contributed by atoms with E-state index in [9.17, 15) is 4.79 Å². The second-order valence-corrected chi connectivity index (χ2v) is 4.92. The molecule has 0 aromatic heterocycles. The molecule has 0 bridgehead atoms. The van der Waals surface area contributed by atoms with Crippen LogP contribution in [0.1, 0.15) is 12.5 Å². The minimum atomic E-state index is -0.210. The fourth-order valence-corrected chi connectivity index (χ4v) is 1.80. The van der Waals surface area contributed by atoms with E-state index in [1.165, 1.54) is 6.26 Å². The summed E-state index contributed by atoms with van der Waals surface area (Å²) in [6, 6.07) is 14.8. The van der Waals surface area contributed by atoms with Gasteiger partial charge in [-0.15, -0.1) is 0 Å². The first kappa shape index (κ1) is 15.6. The fraction of sp³-hybridized carbons (Fsp3) is 0.167. The number of carbonyl (C=O) groups is 1. The van der Waals surface area contributed by atoms with Gasteiger partial charge >= 0.3 is 0 Å². The zero-order valence-electron chi connectivity index (χ0n) is 12.9. The molecule has 0 aliphatic rings. The van der Waals surface area contributed by atoms with Crippen LogP contribution >= 0.6 is 0 Å². The van der Waals surface area contributed by atoms with E-state index in [-0.39, 0.29) is 5.91 Å². The molecule has 4 heteroatoms. The highest BCUT2D eigenvalue weighted by atomic mass is 16.5. The highest BCUT2D eigenvalue weighted by molar-refractivity contribution is 6.03. The molecule has 22 heavy (non-hydrogen) atoms. The molecular weight excluding hydrogens is 278 g/mol. The molecule has 2 aromatic carbocycles. The number of hydrogen-bond acceptors (Lipinski definition) is 3. The van der Waals surface area contributed by atoms with Crippen molar-refractivity contribution in [2.24, 2.45) is 0 Å². The molecule has 114 valence electrons. The highest BCUT2D eigenvalue weighted by Crippen LogP contribution is 2.16. The summed E-state index contributed by atoms with van der Waals surface area (Å²) in [5, 5.41) is 2.80. The average molecular weight is 297 g/mol. The van der Waals surface area contributed by atoms with Crippen LogP contribution in [0.4, 0.5) is 5.69 Å². The summed E-state index contributed by atoms with van der Waals surface area (Å²) in [6.07, 6.45) is 1.45. The molecule has 2 rings (SSSR count). The monoisotopic (exact) mass is 297 g/mol. The van der Waals surface area contributed by atoms with Crippen molar-refractivity contribution in [1.82, 2.24) is 0 Å². The average Bonchev–Trinajstić information content (AvgIpc) is 2.53. The van der Waals surface area contributed by atoms with Gasteiger partial charge in [0.1, 0.15) is 11.5 Å². The maximum Gasteiger partial charge on any atom is 0.254 e. The highest BCUT2D eigenvalue weighted by Gasteiger charge is 2.05. The zero-order chi connectivity index (χ0) is 15.9. The number of aryl methyl sites for hydroxylation is 1. The Hall–Kier alpha value is -2.75. The van der Waals surface area contributed by atoms with E-state index in [1.54, 1.807) is 38.3 Å². The molecule has 0 fully saturated rings. The molecule has 0 atom stereocenters. The summed E-state index contributed by atoms with van der Waals surface area (Å²) in [4.78, 5) is 12.1. The van der Waals surface area contributed by atoms with Crippen molar-refractivity contribution < 1.29 is 14.3 Å². The van der Waals surface area contributed by atoms with Crippen LogP contribution in [0, 0.1) is 6.92 Å². The lowest BCUT2D eigenvalue weighted by Gasteiger charge is -2.07. The van der Waals surface area contributed by atoms with Gasteiger partial charge in [0.15, 0.2) is 0 Å². The third-order valence-electron chi connectivity index (χ3n) is 3.07. The molecule has 0 unspecified atom stereocenters. The van der Waals surface area contributed by atoms with Crippen molar-refractivity contribution in [3.05, 3.63) is 65.9 Å². The number of nitrogens with one attached hydrogen (secondary N) is 1. The van der Waals surface area contributed by atoms with E-state index in [2.05, 4.69) is 5.32 Å². The Bertz CT molecular complexity index is 675. The molecule has 1 amide bonds. The maximum atomic E-state index is 12.1. The lowest BCUT2D eigenvalue weighted by molar-refractivity contribution is -0.112. The van der Waals surface area contributed by atoms with Gasteiger partial charge in [-0.25, -0.2) is 0 Å². The molecule has 1 N–H and O–H groups in total. The molecule has 0 spiro atoms. The predicted octanol–water partition coefficient (Wildman–Crippen LogP) is 3.92. The van der Waals surface area contributed by atoms with Crippen molar-refractivity contribution in [2.75, 3.05) is 12.4 Å². The first-order chi connectivity index (χ1) is 10.6. The topological polar surface area (TPSA) is 47.6 Å². The quantitative estimate of drug-likeness (QED) is 0.672. The van der Waals surface area contributed by atoms with Crippen LogP contribution in [0.15, 0.2) is 60.4 Å². The van der Waals surface area contributed by atoms with E-state index in [1.807, 2.05) is 31.2 Å². The molecular formula is C18H19NO3. The number of carbonyl (C=O) groups excluding carboxylic acids is 1. The summed E-state index contributed by atoms with van der Waals surface area (Å²) in [7, 11) is 1.60. The first-order valence-electron chi connectivity index (χ1n) is 6.94. The summed E-state index contributed by atoms with van der Waals surface area (Å²) >= 11 is 0. The minimum Gasteiger partial charge on any atom is -0.497 e. The Morgan fingerprint density at radius 3 is 2.45 bits per heavy atom.